The van der Waals surface area contributed by atoms with E-state index in [9.17, 15) is 0 Å². The molecule has 0 bridgehead atoms. The van der Waals surface area contributed by atoms with Crippen LogP contribution in [0, 0.1) is 6.92 Å². The molecule has 0 heterocycles. The molecule has 128 valence electrons. The first-order chi connectivity index (χ1) is 11.6. The predicted molar refractivity (Wildman–Crippen MR) is 108 cm³/mol. The monoisotopic (exact) mass is 321 g/mol. The summed E-state index contributed by atoms with van der Waals surface area (Å²) in [6, 6.07) is 17.0. The van der Waals surface area contributed by atoms with Crippen molar-refractivity contribution in [2.75, 3.05) is 0 Å². The fourth-order valence-electron chi connectivity index (χ4n) is 2.40. The van der Waals surface area contributed by atoms with Crippen molar-refractivity contribution < 1.29 is 0 Å². The van der Waals surface area contributed by atoms with Gasteiger partial charge in [0, 0.05) is 17.8 Å². The van der Waals surface area contributed by atoms with Gasteiger partial charge in [0.2, 0.25) is 0 Å². The van der Waals surface area contributed by atoms with Gasteiger partial charge in [0.25, 0.3) is 0 Å². The normalized spacial score (nSPS) is 9.67. The van der Waals surface area contributed by atoms with Gasteiger partial charge in [-0.05, 0) is 36.2 Å². The van der Waals surface area contributed by atoms with Crippen molar-refractivity contribution in [2.45, 2.75) is 47.1 Å². The minimum absolute atomic E-state index is 0.792. The van der Waals surface area contributed by atoms with Crippen LogP contribution in [0.1, 0.15) is 49.4 Å². The summed E-state index contributed by atoms with van der Waals surface area (Å²) in [5.74, 6) is 0. The SMILES string of the molecule is C=CN(Cc1ccc(CC)cc1)C(=C)c1ccccc1C.CCC. The third-order valence-corrected chi connectivity index (χ3v) is 3.81. The zero-order valence-electron chi connectivity index (χ0n) is 15.7. The summed E-state index contributed by atoms with van der Waals surface area (Å²) in [6.45, 7) is 17.5. The van der Waals surface area contributed by atoms with Gasteiger partial charge in [-0.1, -0.05) is 88.9 Å². The van der Waals surface area contributed by atoms with Crippen LogP contribution in [0.3, 0.4) is 0 Å². The van der Waals surface area contributed by atoms with Crippen molar-refractivity contribution in [2.24, 2.45) is 0 Å². The van der Waals surface area contributed by atoms with Gasteiger partial charge in [0.1, 0.15) is 0 Å². The Hall–Kier alpha value is -2.28. The highest BCUT2D eigenvalue weighted by Crippen LogP contribution is 2.23. The average molecular weight is 322 g/mol. The fourth-order valence-corrected chi connectivity index (χ4v) is 2.40. The molecule has 24 heavy (non-hydrogen) atoms. The van der Waals surface area contributed by atoms with E-state index >= 15 is 0 Å². The summed E-state index contributed by atoms with van der Waals surface area (Å²) in [7, 11) is 0. The molecule has 0 saturated carbocycles. The van der Waals surface area contributed by atoms with E-state index in [-0.39, 0.29) is 0 Å². The highest BCUT2D eigenvalue weighted by atomic mass is 15.1. The number of benzene rings is 2. The Kier molecular flexibility index (Phi) is 8.64. The predicted octanol–water partition coefficient (Wildman–Crippen LogP) is 6.59. The zero-order valence-corrected chi connectivity index (χ0v) is 15.7. The van der Waals surface area contributed by atoms with Crippen LogP contribution in [0.25, 0.3) is 5.70 Å². The van der Waals surface area contributed by atoms with E-state index < -0.39 is 0 Å². The van der Waals surface area contributed by atoms with Crippen molar-refractivity contribution in [1.29, 1.82) is 0 Å². The van der Waals surface area contributed by atoms with Crippen LogP contribution in [0.15, 0.2) is 67.9 Å². The molecule has 0 aliphatic rings. The summed E-state index contributed by atoms with van der Waals surface area (Å²) < 4.78 is 0. The van der Waals surface area contributed by atoms with Crippen molar-refractivity contribution >= 4 is 5.70 Å². The smallest absolute Gasteiger partial charge is 0.0475 e. The van der Waals surface area contributed by atoms with E-state index in [1.807, 2.05) is 18.3 Å². The maximum Gasteiger partial charge on any atom is 0.0475 e. The molecule has 0 aromatic heterocycles. The summed E-state index contributed by atoms with van der Waals surface area (Å²) in [6.07, 6.45) is 4.17. The maximum absolute atomic E-state index is 4.24. The molecule has 0 fully saturated rings. The zero-order chi connectivity index (χ0) is 17.9. The van der Waals surface area contributed by atoms with Gasteiger partial charge in [0.15, 0.2) is 0 Å². The van der Waals surface area contributed by atoms with Crippen molar-refractivity contribution in [3.05, 3.63) is 90.1 Å². The van der Waals surface area contributed by atoms with Crippen LogP contribution in [-0.4, -0.2) is 4.90 Å². The molecule has 0 spiro atoms. The highest BCUT2D eigenvalue weighted by Gasteiger charge is 2.09. The minimum atomic E-state index is 0.792. The average Bonchev–Trinajstić information content (AvgIpc) is 2.61. The molecular weight excluding hydrogens is 290 g/mol. The first kappa shape index (κ1) is 19.8. The second-order valence-corrected chi connectivity index (χ2v) is 5.95. The van der Waals surface area contributed by atoms with Gasteiger partial charge in [0.05, 0.1) is 0 Å². The van der Waals surface area contributed by atoms with Gasteiger partial charge in [-0.3, -0.25) is 0 Å². The van der Waals surface area contributed by atoms with Crippen molar-refractivity contribution in [3.8, 4) is 0 Å². The van der Waals surface area contributed by atoms with Crippen LogP contribution >= 0.6 is 0 Å². The second kappa shape index (κ2) is 10.5. The van der Waals surface area contributed by atoms with Crippen LogP contribution in [0.5, 0.6) is 0 Å². The number of hydrogen-bond acceptors (Lipinski definition) is 1. The number of aryl methyl sites for hydroxylation is 2. The first-order valence-corrected chi connectivity index (χ1v) is 8.79. The molecule has 0 N–H and O–H groups in total. The Balaban J connectivity index is 0.000000891. The maximum atomic E-state index is 4.24. The van der Waals surface area contributed by atoms with Gasteiger partial charge < -0.3 is 4.90 Å². The Morgan fingerprint density at radius 2 is 1.50 bits per heavy atom. The molecule has 0 amide bonds. The molecule has 0 unspecified atom stereocenters. The minimum Gasteiger partial charge on any atom is -0.344 e. The number of hydrogen-bond donors (Lipinski definition) is 0. The standard InChI is InChI=1S/C20H23N.C3H8/c1-5-18-11-13-19(14-12-18)15-21(6-2)17(4)20-10-8-7-9-16(20)3;1-3-2/h6-14H,2,4-5,15H2,1,3H3;3H2,1-2H3. The largest absolute Gasteiger partial charge is 0.344 e. The molecule has 0 aliphatic heterocycles. The fraction of sp³-hybridized carbons (Fsp3) is 0.304. The Morgan fingerprint density at radius 3 is 2.00 bits per heavy atom. The summed E-state index contributed by atoms with van der Waals surface area (Å²) in [4.78, 5) is 2.10. The quantitative estimate of drug-likeness (QED) is 0.580. The van der Waals surface area contributed by atoms with Crippen LogP contribution in [-0.2, 0) is 13.0 Å². The van der Waals surface area contributed by atoms with E-state index in [4.69, 9.17) is 0 Å². The van der Waals surface area contributed by atoms with Crippen LogP contribution < -0.4 is 0 Å². The third kappa shape index (κ3) is 5.73. The third-order valence-electron chi connectivity index (χ3n) is 3.81. The molecule has 0 radical (unpaired) electrons. The molecule has 0 atom stereocenters. The highest BCUT2D eigenvalue weighted by molar-refractivity contribution is 5.65. The summed E-state index contributed by atoms with van der Waals surface area (Å²) in [5, 5.41) is 0. The molecule has 0 aliphatic carbocycles. The lowest BCUT2D eigenvalue weighted by Gasteiger charge is -2.24. The molecule has 2 rings (SSSR count). The number of nitrogens with zero attached hydrogens (tertiary/aromatic N) is 1. The Morgan fingerprint density at radius 1 is 0.958 bits per heavy atom. The van der Waals surface area contributed by atoms with Gasteiger partial charge in [-0.2, -0.15) is 0 Å². The summed E-state index contributed by atoms with van der Waals surface area (Å²) >= 11 is 0. The van der Waals surface area contributed by atoms with Crippen LogP contribution in [0.2, 0.25) is 0 Å². The number of rotatable bonds is 6. The molecule has 2 aromatic carbocycles. The molecule has 0 saturated heterocycles. The van der Waals surface area contributed by atoms with Crippen molar-refractivity contribution in [1.82, 2.24) is 4.90 Å². The Bertz CT molecular complexity index is 637. The van der Waals surface area contributed by atoms with E-state index in [0.29, 0.717) is 0 Å². The second-order valence-electron chi connectivity index (χ2n) is 5.95. The van der Waals surface area contributed by atoms with E-state index in [0.717, 1.165) is 18.7 Å². The lowest BCUT2D eigenvalue weighted by Crippen LogP contribution is -2.14. The molecule has 1 nitrogen and oxygen atoms in total. The van der Waals surface area contributed by atoms with Gasteiger partial charge in [-0.15, -0.1) is 0 Å². The molecule has 2 aromatic rings. The van der Waals surface area contributed by atoms with Gasteiger partial charge in [-0.25, -0.2) is 0 Å². The van der Waals surface area contributed by atoms with Crippen molar-refractivity contribution in [3.63, 3.8) is 0 Å². The Labute approximate surface area is 148 Å². The van der Waals surface area contributed by atoms with Gasteiger partial charge >= 0.3 is 0 Å². The van der Waals surface area contributed by atoms with E-state index in [1.165, 1.54) is 28.7 Å². The first-order valence-electron chi connectivity index (χ1n) is 8.79. The van der Waals surface area contributed by atoms with E-state index in [1.54, 1.807) is 0 Å². The molecule has 1 heteroatoms. The topological polar surface area (TPSA) is 3.24 Å². The van der Waals surface area contributed by atoms with E-state index in [2.05, 4.69) is 82.2 Å². The van der Waals surface area contributed by atoms with Crippen LogP contribution in [0.4, 0.5) is 0 Å². The summed E-state index contributed by atoms with van der Waals surface area (Å²) in [5.41, 5.74) is 6.02. The lowest BCUT2D eigenvalue weighted by atomic mass is 10.0. The molecular formula is C23H31N. The lowest BCUT2D eigenvalue weighted by molar-refractivity contribution is 0.528.